The van der Waals surface area contributed by atoms with Gasteiger partial charge in [0.2, 0.25) is 5.91 Å². The summed E-state index contributed by atoms with van der Waals surface area (Å²) in [6.07, 6.45) is 12.7. The number of allylic oxidation sites excluding steroid dienone is 1. The van der Waals surface area contributed by atoms with Gasteiger partial charge in [-0.05, 0) is 58.3 Å². The van der Waals surface area contributed by atoms with E-state index < -0.39 is 0 Å². The van der Waals surface area contributed by atoms with E-state index in [1.54, 1.807) is 12.6 Å². The van der Waals surface area contributed by atoms with Crippen molar-refractivity contribution >= 4 is 11.9 Å². The topological polar surface area (TPSA) is 56.7 Å². The van der Waals surface area contributed by atoms with E-state index in [9.17, 15) is 4.79 Å². The molecule has 0 radical (unpaired) electrons. The summed E-state index contributed by atoms with van der Waals surface area (Å²) in [6, 6.07) is 0.396. The first-order valence-corrected chi connectivity index (χ1v) is 9.62. The van der Waals surface area contributed by atoms with Gasteiger partial charge in [0.15, 0.2) is 5.96 Å². The van der Waals surface area contributed by atoms with Crippen LogP contribution in [0, 0.1) is 0 Å². The lowest BCUT2D eigenvalue weighted by Crippen LogP contribution is -2.44. The molecule has 0 bridgehead atoms. The number of hydrogen-bond donors (Lipinski definition) is 2. The van der Waals surface area contributed by atoms with Gasteiger partial charge < -0.3 is 15.5 Å². The second kappa shape index (κ2) is 10.4. The Morgan fingerprint density at radius 2 is 2.08 bits per heavy atom. The fraction of sp³-hybridized carbons (Fsp3) is 0.789. The molecule has 0 aromatic rings. The summed E-state index contributed by atoms with van der Waals surface area (Å²) in [4.78, 5) is 18.6. The molecule has 0 aromatic heterocycles. The number of guanidine groups is 1. The van der Waals surface area contributed by atoms with Crippen LogP contribution in [-0.4, -0.2) is 49.5 Å². The Kier molecular flexibility index (Phi) is 8.13. The fourth-order valence-electron chi connectivity index (χ4n) is 3.59. The van der Waals surface area contributed by atoms with Gasteiger partial charge in [0.25, 0.3) is 0 Å². The van der Waals surface area contributed by atoms with Crippen molar-refractivity contribution in [1.29, 1.82) is 0 Å². The molecule has 0 spiro atoms. The van der Waals surface area contributed by atoms with E-state index in [4.69, 9.17) is 0 Å². The highest BCUT2D eigenvalue weighted by Crippen LogP contribution is 2.19. The largest absolute Gasteiger partial charge is 0.356 e. The van der Waals surface area contributed by atoms with Crippen molar-refractivity contribution in [2.45, 2.75) is 70.8 Å². The molecule has 0 saturated carbocycles. The number of carbonyl (C=O) groups excluding carboxylic acids is 1. The highest BCUT2D eigenvalue weighted by atomic mass is 16.2. The first-order valence-electron chi connectivity index (χ1n) is 9.62. The third-order valence-electron chi connectivity index (χ3n) is 5.10. The Balaban J connectivity index is 1.62. The molecule has 5 nitrogen and oxygen atoms in total. The Bertz CT molecular complexity index is 458. The predicted octanol–water partition coefficient (Wildman–Crippen LogP) is 2.83. The van der Waals surface area contributed by atoms with Crippen LogP contribution in [0.25, 0.3) is 0 Å². The van der Waals surface area contributed by atoms with Crippen LogP contribution in [0.2, 0.25) is 0 Å². The van der Waals surface area contributed by atoms with E-state index in [-0.39, 0.29) is 5.91 Å². The number of amides is 1. The molecule has 1 aliphatic heterocycles. The van der Waals surface area contributed by atoms with Crippen LogP contribution in [0.3, 0.4) is 0 Å². The van der Waals surface area contributed by atoms with Gasteiger partial charge in [-0.15, -0.1) is 0 Å². The molecule has 1 aliphatic carbocycles. The summed E-state index contributed by atoms with van der Waals surface area (Å²) >= 11 is 0. The van der Waals surface area contributed by atoms with Crippen molar-refractivity contribution in [3.8, 4) is 0 Å². The standard InChI is InChI=1S/C19H34N4O/c1-16-8-6-7-15-23(16)18(24)12-14-22-19(20-2)21-13-11-17-9-4-3-5-10-17/h9,16H,3-8,10-15H2,1-2H3,(H2,20,21,22). The third kappa shape index (κ3) is 6.17. The molecule has 136 valence electrons. The van der Waals surface area contributed by atoms with Gasteiger partial charge in [-0.2, -0.15) is 0 Å². The van der Waals surface area contributed by atoms with Gasteiger partial charge in [0.05, 0.1) is 0 Å². The summed E-state index contributed by atoms with van der Waals surface area (Å²) in [5.74, 6) is 1.06. The lowest BCUT2D eigenvalue weighted by Gasteiger charge is -2.33. The van der Waals surface area contributed by atoms with Crippen molar-refractivity contribution in [3.05, 3.63) is 11.6 Å². The zero-order valence-corrected chi connectivity index (χ0v) is 15.4. The number of hydrogen-bond acceptors (Lipinski definition) is 2. The lowest BCUT2D eigenvalue weighted by atomic mass is 9.97. The van der Waals surface area contributed by atoms with Crippen LogP contribution < -0.4 is 10.6 Å². The average molecular weight is 335 g/mol. The highest BCUT2D eigenvalue weighted by Gasteiger charge is 2.22. The summed E-state index contributed by atoms with van der Waals surface area (Å²) < 4.78 is 0. The zero-order valence-electron chi connectivity index (χ0n) is 15.4. The normalized spacial score (nSPS) is 22.1. The van der Waals surface area contributed by atoms with E-state index >= 15 is 0 Å². The van der Waals surface area contributed by atoms with E-state index in [2.05, 4.69) is 28.6 Å². The van der Waals surface area contributed by atoms with E-state index in [1.165, 1.54) is 32.1 Å². The molecule has 2 aliphatic rings. The molecular formula is C19H34N4O. The van der Waals surface area contributed by atoms with Gasteiger partial charge in [0.1, 0.15) is 0 Å². The second-order valence-electron chi connectivity index (χ2n) is 6.97. The Morgan fingerprint density at radius 3 is 2.79 bits per heavy atom. The fourth-order valence-corrected chi connectivity index (χ4v) is 3.59. The maximum Gasteiger partial charge on any atom is 0.224 e. The first-order chi connectivity index (χ1) is 11.7. The minimum absolute atomic E-state index is 0.262. The molecule has 1 atom stereocenters. The van der Waals surface area contributed by atoms with Crippen LogP contribution in [0.5, 0.6) is 0 Å². The number of piperidine rings is 1. The maximum atomic E-state index is 12.3. The molecule has 2 N–H and O–H groups in total. The summed E-state index contributed by atoms with van der Waals surface area (Å²) in [7, 11) is 1.78. The van der Waals surface area contributed by atoms with Crippen molar-refractivity contribution in [2.24, 2.45) is 4.99 Å². The molecule has 1 unspecified atom stereocenters. The van der Waals surface area contributed by atoms with Crippen LogP contribution in [0.15, 0.2) is 16.6 Å². The molecule has 1 amide bonds. The van der Waals surface area contributed by atoms with Gasteiger partial charge in [-0.25, -0.2) is 0 Å². The van der Waals surface area contributed by atoms with Crippen molar-refractivity contribution < 1.29 is 4.79 Å². The average Bonchev–Trinajstić information content (AvgIpc) is 2.61. The number of nitrogens with one attached hydrogen (secondary N) is 2. The summed E-state index contributed by atoms with van der Waals surface area (Å²) in [5, 5.41) is 6.62. The highest BCUT2D eigenvalue weighted by molar-refractivity contribution is 5.81. The minimum atomic E-state index is 0.262. The number of carbonyl (C=O) groups is 1. The van der Waals surface area contributed by atoms with Crippen LogP contribution >= 0.6 is 0 Å². The summed E-state index contributed by atoms with van der Waals surface area (Å²) in [5.41, 5.74) is 1.57. The van der Waals surface area contributed by atoms with Gasteiger partial charge >= 0.3 is 0 Å². The predicted molar refractivity (Wildman–Crippen MR) is 100 cm³/mol. The van der Waals surface area contributed by atoms with Crippen LogP contribution in [0.4, 0.5) is 0 Å². The molecule has 0 aromatic carbocycles. The van der Waals surface area contributed by atoms with Gasteiger partial charge in [-0.1, -0.05) is 11.6 Å². The number of aliphatic imine (C=N–C) groups is 1. The van der Waals surface area contributed by atoms with Gasteiger partial charge in [-0.3, -0.25) is 9.79 Å². The Hall–Kier alpha value is -1.52. The first kappa shape index (κ1) is 18.8. The van der Waals surface area contributed by atoms with Crippen molar-refractivity contribution in [1.82, 2.24) is 15.5 Å². The molecule has 5 heteroatoms. The zero-order chi connectivity index (χ0) is 17.2. The number of rotatable bonds is 6. The third-order valence-corrected chi connectivity index (χ3v) is 5.10. The Morgan fingerprint density at radius 1 is 1.25 bits per heavy atom. The second-order valence-corrected chi connectivity index (χ2v) is 6.97. The molecule has 24 heavy (non-hydrogen) atoms. The van der Waals surface area contributed by atoms with E-state index in [0.717, 1.165) is 38.3 Å². The molecule has 1 saturated heterocycles. The lowest BCUT2D eigenvalue weighted by molar-refractivity contribution is -0.134. The van der Waals surface area contributed by atoms with Crippen LogP contribution in [0.1, 0.15) is 64.7 Å². The molecule has 2 rings (SSSR count). The molecule has 1 heterocycles. The number of likely N-dealkylation sites (tertiary alicyclic amines) is 1. The van der Waals surface area contributed by atoms with E-state index in [1.807, 2.05) is 4.90 Å². The molecular weight excluding hydrogens is 300 g/mol. The Labute approximate surface area is 147 Å². The number of nitrogens with zero attached hydrogens (tertiary/aromatic N) is 2. The smallest absolute Gasteiger partial charge is 0.224 e. The minimum Gasteiger partial charge on any atom is -0.356 e. The van der Waals surface area contributed by atoms with Crippen molar-refractivity contribution in [2.75, 3.05) is 26.7 Å². The SMILES string of the molecule is CN=C(NCCC(=O)N1CCCCC1C)NCCC1=CCCCC1. The van der Waals surface area contributed by atoms with Crippen LogP contribution in [-0.2, 0) is 4.79 Å². The maximum absolute atomic E-state index is 12.3. The monoisotopic (exact) mass is 334 g/mol. The quantitative estimate of drug-likeness (QED) is 0.446. The van der Waals surface area contributed by atoms with Crippen molar-refractivity contribution in [3.63, 3.8) is 0 Å². The summed E-state index contributed by atoms with van der Waals surface area (Å²) in [6.45, 7) is 4.63. The molecule has 1 fully saturated rings. The van der Waals surface area contributed by atoms with Gasteiger partial charge in [0, 0.05) is 39.1 Å². The van der Waals surface area contributed by atoms with E-state index in [0.29, 0.717) is 19.0 Å².